The summed E-state index contributed by atoms with van der Waals surface area (Å²) in [5, 5.41) is 9.58. The first-order valence-electron chi connectivity index (χ1n) is 9.06. The number of benzene rings is 1. The molecule has 1 aliphatic rings. The molecule has 0 radical (unpaired) electrons. The van der Waals surface area contributed by atoms with E-state index in [-0.39, 0.29) is 11.9 Å². The normalized spacial score (nSPS) is 17.5. The van der Waals surface area contributed by atoms with Crippen LogP contribution in [0.25, 0.3) is 22.7 Å². The number of fused-ring (bicyclic) bond motifs is 2. The average molecular weight is 358 g/mol. The zero-order valence-corrected chi connectivity index (χ0v) is 14.7. The molecule has 0 N–H and O–H groups in total. The molecule has 1 fully saturated rings. The molecule has 4 aromatic rings. The van der Waals surface area contributed by atoms with E-state index in [1.807, 2.05) is 64.0 Å². The Labute approximate surface area is 155 Å². The number of likely N-dealkylation sites (tertiary alicyclic amines) is 1. The average Bonchev–Trinajstić information content (AvgIpc) is 3.42. The molecule has 1 amide bonds. The van der Waals surface area contributed by atoms with E-state index in [1.54, 1.807) is 12.2 Å². The maximum Gasteiger partial charge on any atom is 0.247 e. The molecule has 1 unspecified atom stereocenters. The van der Waals surface area contributed by atoms with Gasteiger partial charge in [0.05, 0.1) is 6.04 Å². The molecule has 0 aliphatic carbocycles. The Kier molecular flexibility index (Phi) is 3.74. The molecule has 3 aromatic heterocycles. The molecule has 1 atom stereocenters. The van der Waals surface area contributed by atoms with E-state index in [0.29, 0.717) is 5.76 Å². The highest BCUT2D eigenvalue weighted by molar-refractivity contribution is 5.92. The fraction of sp³-hybridized carbons (Fsp3) is 0.190. The van der Waals surface area contributed by atoms with Gasteiger partial charge >= 0.3 is 0 Å². The quantitative estimate of drug-likeness (QED) is 0.522. The second-order valence-corrected chi connectivity index (χ2v) is 6.70. The molecule has 0 bridgehead atoms. The highest BCUT2D eigenvalue weighted by atomic mass is 16.3. The number of hydrogen-bond acceptors (Lipinski definition) is 4. The van der Waals surface area contributed by atoms with Gasteiger partial charge in [0.25, 0.3) is 0 Å². The third-order valence-corrected chi connectivity index (χ3v) is 5.01. The van der Waals surface area contributed by atoms with Gasteiger partial charge in [-0.25, -0.2) is 0 Å². The van der Waals surface area contributed by atoms with Crippen LogP contribution in [0.5, 0.6) is 0 Å². The van der Waals surface area contributed by atoms with Crippen LogP contribution in [0.15, 0.2) is 65.2 Å². The Morgan fingerprint density at radius 1 is 1.15 bits per heavy atom. The largest absolute Gasteiger partial charge is 0.457 e. The molecule has 1 aromatic carbocycles. The lowest BCUT2D eigenvalue weighted by Crippen LogP contribution is -2.30. The zero-order valence-electron chi connectivity index (χ0n) is 14.7. The number of amides is 1. The van der Waals surface area contributed by atoms with E-state index >= 15 is 0 Å². The number of pyridine rings is 1. The van der Waals surface area contributed by atoms with E-state index in [9.17, 15) is 4.79 Å². The van der Waals surface area contributed by atoms with Crippen molar-refractivity contribution in [2.45, 2.75) is 18.9 Å². The summed E-state index contributed by atoms with van der Waals surface area (Å²) in [6, 6.07) is 15.5. The Balaban J connectivity index is 1.40. The van der Waals surface area contributed by atoms with E-state index < -0.39 is 0 Å². The standard InChI is InChI=1S/C21H18N4O2/c26-20(11-10-16-14-15-6-1-2-8-18(15)27-16)24-13-5-7-17(24)21-23-22-19-9-3-4-12-25(19)21/h1-4,6,8-12,14,17H,5,7,13H2/b11-10+. The number of rotatable bonds is 3. The van der Waals surface area contributed by atoms with Gasteiger partial charge in [-0.3, -0.25) is 9.20 Å². The van der Waals surface area contributed by atoms with Crippen LogP contribution >= 0.6 is 0 Å². The Morgan fingerprint density at radius 2 is 2.04 bits per heavy atom. The predicted molar refractivity (Wildman–Crippen MR) is 102 cm³/mol. The van der Waals surface area contributed by atoms with Crippen molar-refractivity contribution in [3.63, 3.8) is 0 Å². The summed E-state index contributed by atoms with van der Waals surface area (Å²) in [7, 11) is 0. The number of nitrogens with zero attached hydrogens (tertiary/aromatic N) is 4. The molecule has 1 saturated heterocycles. The van der Waals surface area contributed by atoms with Gasteiger partial charge in [0.15, 0.2) is 11.5 Å². The summed E-state index contributed by atoms with van der Waals surface area (Å²) in [4.78, 5) is 14.7. The topological polar surface area (TPSA) is 63.6 Å². The molecule has 0 saturated carbocycles. The van der Waals surface area contributed by atoms with E-state index in [4.69, 9.17) is 4.42 Å². The van der Waals surface area contributed by atoms with Gasteiger partial charge in [0.1, 0.15) is 11.3 Å². The molecular weight excluding hydrogens is 340 g/mol. The summed E-state index contributed by atoms with van der Waals surface area (Å²) in [6.45, 7) is 0.718. The highest BCUT2D eigenvalue weighted by Gasteiger charge is 2.32. The molecule has 5 rings (SSSR count). The molecule has 27 heavy (non-hydrogen) atoms. The minimum Gasteiger partial charge on any atom is -0.457 e. The van der Waals surface area contributed by atoms with Gasteiger partial charge < -0.3 is 9.32 Å². The van der Waals surface area contributed by atoms with Crippen molar-refractivity contribution >= 4 is 28.6 Å². The number of para-hydroxylation sites is 1. The minimum absolute atomic E-state index is 0.0364. The van der Waals surface area contributed by atoms with Gasteiger partial charge in [-0.05, 0) is 43.2 Å². The fourth-order valence-corrected chi connectivity index (χ4v) is 3.72. The van der Waals surface area contributed by atoms with Crippen molar-refractivity contribution < 1.29 is 9.21 Å². The van der Waals surface area contributed by atoms with Crippen molar-refractivity contribution in [2.75, 3.05) is 6.54 Å². The lowest BCUT2D eigenvalue weighted by Gasteiger charge is -2.21. The molecular formula is C21H18N4O2. The van der Waals surface area contributed by atoms with Crippen LogP contribution in [0.2, 0.25) is 0 Å². The second-order valence-electron chi connectivity index (χ2n) is 6.70. The number of carbonyl (C=O) groups excluding carboxylic acids is 1. The zero-order chi connectivity index (χ0) is 18.2. The van der Waals surface area contributed by atoms with Gasteiger partial charge in [-0.1, -0.05) is 24.3 Å². The number of furan rings is 1. The minimum atomic E-state index is -0.0600. The molecule has 0 spiro atoms. The van der Waals surface area contributed by atoms with Crippen LogP contribution in [0.1, 0.15) is 30.5 Å². The van der Waals surface area contributed by atoms with Crippen LogP contribution in [0.4, 0.5) is 0 Å². The van der Waals surface area contributed by atoms with Crippen LogP contribution in [0.3, 0.4) is 0 Å². The van der Waals surface area contributed by atoms with Gasteiger partial charge in [0, 0.05) is 24.2 Å². The van der Waals surface area contributed by atoms with Gasteiger partial charge in [0.2, 0.25) is 5.91 Å². The summed E-state index contributed by atoms with van der Waals surface area (Å²) in [6.07, 6.45) is 7.10. The maximum atomic E-state index is 12.8. The Morgan fingerprint density at radius 3 is 2.96 bits per heavy atom. The van der Waals surface area contributed by atoms with Crippen molar-refractivity contribution in [2.24, 2.45) is 0 Å². The van der Waals surface area contributed by atoms with E-state index in [1.165, 1.54) is 0 Å². The molecule has 6 nitrogen and oxygen atoms in total. The Hall–Kier alpha value is -3.41. The first kappa shape index (κ1) is 15.8. The summed E-state index contributed by atoms with van der Waals surface area (Å²) in [5.74, 6) is 1.45. The van der Waals surface area contributed by atoms with Crippen LogP contribution < -0.4 is 0 Å². The molecule has 1 aliphatic heterocycles. The maximum absolute atomic E-state index is 12.8. The molecule has 6 heteroatoms. The van der Waals surface area contributed by atoms with Crippen molar-refractivity contribution in [1.82, 2.24) is 19.5 Å². The third-order valence-electron chi connectivity index (χ3n) is 5.01. The lowest BCUT2D eigenvalue weighted by molar-refractivity contribution is -0.127. The van der Waals surface area contributed by atoms with E-state index in [0.717, 1.165) is 41.8 Å². The van der Waals surface area contributed by atoms with Gasteiger partial charge in [-0.2, -0.15) is 0 Å². The number of hydrogen-bond donors (Lipinski definition) is 0. The summed E-state index contributed by atoms with van der Waals surface area (Å²) >= 11 is 0. The van der Waals surface area contributed by atoms with Crippen LogP contribution in [-0.4, -0.2) is 31.9 Å². The highest BCUT2D eigenvalue weighted by Crippen LogP contribution is 2.31. The van der Waals surface area contributed by atoms with Crippen LogP contribution in [0, 0.1) is 0 Å². The predicted octanol–water partition coefficient (Wildman–Crippen LogP) is 3.85. The van der Waals surface area contributed by atoms with Crippen LogP contribution in [-0.2, 0) is 4.79 Å². The van der Waals surface area contributed by atoms with Crippen molar-refractivity contribution in [1.29, 1.82) is 0 Å². The lowest BCUT2D eigenvalue weighted by atomic mass is 10.2. The van der Waals surface area contributed by atoms with E-state index in [2.05, 4.69) is 10.2 Å². The summed E-state index contributed by atoms with van der Waals surface area (Å²) < 4.78 is 7.71. The fourth-order valence-electron chi connectivity index (χ4n) is 3.72. The monoisotopic (exact) mass is 358 g/mol. The smallest absolute Gasteiger partial charge is 0.247 e. The summed E-state index contributed by atoms with van der Waals surface area (Å²) in [5.41, 5.74) is 1.61. The van der Waals surface area contributed by atoms with Crippen molar-refractivity contribution in [3.05, 3.63) is 72.4 Å². The van der Waals surface area contributed by atoms with Crippen molar-refractivity contribution in [3.8, 4) is 0 Å². The first-order chi connectivity index (χ1) is 13.3. The number of carbonyl (C=O) groups is 1. The third kappa shape index (κ3) is 2.79. The molecule has 134 valence electrons. The second kappa shape index (κ2) is 6.39. The van der Waals surface area contributed by atoms with Gasteiger partial charge in [-0.15, -0.1) is 10.2 Å². The Bertz CT molecular complexity index is 1120. The SMILES string of the molecule is O=C(/C=C/c1cc2ccccc2o1)N1CCCC1c1nnc2ccccn12. The first-order valence-corrected chi connectivity index (χ1v) is 9.06. The molecule has 4 heterocycles. The number of aromatic nitrogens is 3.